The molecule has 1 atom stereocenters. The first-order valence-corrected chi connectivity index (χ1v) is 9.65. The van der Waals surface area contributed by atoms with Crippen molar-refractivity contribution in [2.75, 3.05) is 12.4 Å². The number of aromatic hydroxyl groups is 1. The van der Waals surface area contributed by atoms with Crippen LogP contribution in [0.4, 0.5) is 5.69 Å². The molecule has 4 rings (SSSR count). The number of fused-ring (bicyclic) bond motifs is 1. The number of anilines is 1. The Morgan fingerprint density at radius 3 is 2.61 bits per heavy atom. The van der Waals surface area contributed by atoms with Gasteiger partial charge in [-0.25, -0.2) is 4.79 Å². The highest BCUT2D eigenvalue weighted by molar-refractivity contribution is 7.99. The Labute approximate surface area is 166 Å². The number of aryl methyl sites for hydroxylation is 1. The molecule has 3 aromatic rings. The van der Waals surface area contributed by atoms with Crippen molar-refractivity contribution in [3.05, 3.63) is 88.0 Å². The molecule has 28 heavy (non-hydrogen) atoms. The van der Waals surface area contributed by atoms with Gasteiger partial charge in [0.25, 0.3) is 0 Å². The molecule has 5 nitrogen and oxygen atoms in total. The minimum Gasteiger partial charge on any atom is -0.507 e. The predicted molar refractivity (Wildman–Crippen MR) is 111 cm³/mol. The van der Waals surface area contributed by atoms with E-state index in [1.54, 1.807) is 25.8 Å². The summed E-state index contributed by atoms with van der Waals surface area (Å²) in [6.45, 7) is 1.63. The van der Waals surface area contributed by atoms with Gasteiger partial charge in [-0.2, -0.15) is 0 Å². The van der Waals surface area contributed by atoms with Crippen LogP contribution >= 0.6 is 11.8 Å². The van der Waals surface area contributed by atoms with Gasteiger partial charge in [-0.15, -0.1) is 11.8 Å². The molecule has 0 radical (unpaired) electrons. The average molecular weight is 393 g/mol. The first kappa shape index (κ1) is 18.3. The highest BCUT2D eigenvalue weighted by atomic mass is 32.2. The fourth-order valence-electron chi connectivity index (χ4n) is 3.13. The highest BCUT2D eigenvalue weighted by Crippen LogP contribution is 2.45. The second kappa shape index (κ2) is 7.48. The molecular weight excluding hydrogens is 374 g/mol. The smallest absolute Gasteiger partial charge is 0.349 e. The summed E-state index contributed by atoms with van der Waals surface area (Å²) in [6.07, 6.45) is 1.94. The zero-order valence-electron chi connectivity index (χ0n) is 15.4. The van der Waals surface area contributed by atoms with Gasteiger partial charge in [0.1, 0.15) is 22.8 Å². The molecule has 0 amide bonds. The number of thioether (sulfide) groups is 1. The first-order chi connectivity index (χ1) is 13.5. The second-order valence-corrected chi connectivity index (χ2v) is 7.60. The average Bonchev–Trinajstić information content (AvgIpc) is 2.87. The predicted octanol–water partition coefficient (Wildman–Crippen LogP) is 4.96. The van der Waals surface area contributed by atoms with E-state index in [2.05, 4.69) is 5.32 Å². The van der Waals surface area contributed by atoms with Crippen LogP contribution in [0.15, 0.2) is 74.8 Å². The lowest BCUT2D eigenvalue weighted by Crippen LogP contribution is -2.12. The van der Waals surface area contributed by atoms with Gasteiger partial charge in [0.15, 0.2) is 0 Å². The molecule has 0 aliphatic carbocycles. The van der Waals surface area contributed by atoms with Crippen molar-refractivity contribution in [3.63, 3.8) is 0 Å². The van der Waals surface area contributed by atoms with Crippen molar-refractivity contribution in [1.82, 2.24) is 0 Å². The third kappa shape index (κ3) is 3.51. The van der Waals surface area contributed by atoms with E-state index in [-0.39, 0.29) is 16.6 Å². The number of para-hydroxylation sites is 1. The minimum atomic E-state index is -0.575. The van der Waals surface area contributed by atoms with E-state index >= 15 is 0 Å². The molecule has 1 aliphatic heterocycles. The van der Waals surface area contributed by atoms with Crippen LogP contribution in [0.1, 0.15) is 22.1 Å². The van der Waals surface area contributed by atoms with Crippen LogP contribution in [-0.4, -0.2) is 12.2 Å². The van der Waals surface area contributed by atoms with E-state index in [1.165, 1.54) is 6.07 Å². The molecule has 0 saturated heterocycles. The van der Waals surface area contributed by atoms with Crippen molar-refractivity contribution in [2.45, 2.75) is 17.1 Å². The molecule has 2 aromatic carbocycles. The number of hydrogen-bond donors (Lipinski definition) is 2. The highest BCUT2D eigenvalue weighted by Gasteiger charge is 2.23. The van der Waals surface area contributed by atoms with E-state index in [1.807, 2.05) is 54.6 Å². The van der Waals surface area contributed by atoms with Crippen LogP contribution in [0.25, 0.3) is 5.70 Å². The zero-order chi connectivity index (χ0) is 19.7. The van der Waals surface area contributed by atoms with E-state index in [0.29, 0.717) is 11.5 Å². The van der Waals surface area contributed by atoms with Gasteiger partial charge in [-0.1, -0.05) is 24.3 Å². The second-order valence-electron chi connectivity index (χ2n) is 6.42. The Morgan fingerprint density at radius 1 is 1.14 bits per heavy atom. The van der Waals surface area contributed by atoms with Crippen molar-refractivity contribution in [3.8, 4) is 11.5 Å². The molecule has 2 heterocycles. The standard InChI is InChI=1S/C22H19NO4S/c1-13-11-18(24)21(22(25)27-13)17-12-20(14-7-9-15(26-2)10-8-14)28-19-6-4-3-5-16(19)23-17/h3-12,20,23-24H,1-2H3/t20-/m1/s1. The summed E-state index contributed by atoms with van der Waals surface area (Å²) in [5.41, 5.74) is 1.99. The molecule has 1 aromatic heterocycles. The van der Waals surface area contributed by atoms with Gasteiger partial charge < -0.3 is 19.6 Å². The van der Waals surface area contributed by atoms with Crippen molar-refractivity contribution >= 4 is 23.1 Å². The van der Waals surface area contributed by atoms with Crippen LogP contribution in [0.2, 0.25) is 0 Å². The van der Waals surface area contributed by atoms with Gasteiger partial charge in [-0.3, -0.25) is 0 Å². The summed E-state index contributed by atoms with van der Waals surface area (Å²) in [6, 6.07) is 17.1. The van der Waals surface area contributed by atoms with E-state index in [0.717, 1.165) is 21.9 Å². The Balaban J connectivity index is 1.86. The van der Waals surface area contributed by atoms with Crippen LogP contribution in [0.3, 0.4) is 0 Å². The number of ether oxygens (including phenoxy) is 1. The van der Waals surface area contributed by atoms with Crippen molar-refractivity contribution in [1.29, 1.82) is 0 Å². The number of methoxy groups -OCH3 is 1. The first-order valence-electron chi connectivity index (χ1n) is 8.77. The third-order valence-electron chi connectivity index (χ3n) is 4.50. The Morgan fingerprint density at radius 2 is 1.89 bits per heavy atom. The van der Waals surface area contributed by atoms with Crippen LogP contribution < -0.4 is 15.7 Å². The lowest BCUT2D eigenvalue weighted by atomic mass is 10.1. The Kier molecular flexibility index (Phi) is 4.88. The monoisotopic (exact) mass is 393 g/mol. The minimum absolute atomic E-state index is 0.0721. The molecule has 6 heteroatoms. The molecule has 2 N–H and O–H groups in total. The Bertz CT molecular complexity index is 1100. The normalized spacial score (nSPS) is 15.8. The van der Waals surface area contributed by atoms with Crippen LogP contribution in [0.5, 0.6) is 11.5 Å². The zero-order valence-corrected chi connectivity index (χ0v) is 16.2. The number of benzene rings is 2. The lowest BCUT2D eigenvalue weighted by molar-refractivity contribution is 0.414. The van der Waals surface area contributed by atoms with Gasteiger partial charge in [0.05, 0.1) is 23.7 Å². The van der Waals surface area contributed by atoms with Crippen molar-refractivity contribution in [2.24, 2.45) is 0 Å². The van der Waals surface area contributed by atoms with Gasteiger partial charge in [-0.05, 0) is 42.8 Å². The Hall–Kier alpha value is -3.12. The molecule has 0 bridgehead atoms. The van der Waals surface area contributed by atoms with E-state index in [4.69, 9.17) is 9.15 Å². The van der Waals surface area contributed by atoms with Crippen molar-refractivity contribution < 1.29 is 14.3 Å². The molecule has 0 fully saturated rings. The van der Waals surface area contributed by atoms with Gasteiger partial charge in [0, 0.05) is 11.0 Å². The quantitative estimate of drug-likeness (QED) is 0.655. The fraction of sp³-hybridized carbons (Fsp3) is 0.136. The maximum atomic E-state index is 12.5. The lowest BCUT2D eigenvalue weighted by Gasteiger charge is -2.13. The molecule has 142 valence electrons. The van der Waals surface area contributed by atoms with Gasteiger partial charge in [0.2, 0.25) is 0 Å². The SMILES string of the molecule is COc1ccc([C@H]2C=C(c3c(O)cc(C)oc3=O)Nc3ccccc3S2)cc1. The summed E-state index contributed by atoms with van der Waals surface area (Å²) in [7, 11) is 1.63. The molecule has 0 saturated carbocycles. The molecule has 1 aliphatic rings. The maximum Gasteiger partial charge on any atom is 0.349 e. The number of hydrogen-bond acceptors (Lipinski definition) is 6. The summed E-state index contributed by atoms with van der Waals surface area (Å²) in [5.74, 6) is 1.04. The molecular formula is C22H19NO4S. The fourth-order valence-corrected chi connectivity index (χ4v) is 4.30. The van der Waals surface area contributed by atoms with E-state index in [9.17, 15) is 9.90 Å². The summed E-state index contributed by atoms with van der Waals surface area (Å²) >= 11 is 1.66. The molecule has 0 unspecified atom stereocenters. The largest absolute Gasteiger partial charge is 0.507 e. The third-order valence-corrected chi connectivity index (χ3v) is 5.77. The van der Waals surface area contributed by atoms with Crippen LogP contribution in [0, 0.1) is 6.92 Å². The van der Waals surface area contributed by atoms with E-state index < -0.39 is 5.63 Å². The number of rotatable bonds is 3. The number of nitrogens with one attached hydrogen (secondary N) is 1. The summed E-state index contributed by atoms with van der Waals surface area (Å²) in [5, 5.41) is 13.6. The molecule has 0 spiro atoms. The summed E-state index contributed by atoms with van der Waals surface area (Å²) < 4.78 is 10.5. The summed E-state index contributed by atoms with van der Waals surface area (Å²) in [4.78, 5) is 13.5. The maximum absolute atomic E-state index is 12.5. The topological polar surface area (TPSA) is 71.7 Å². The van der Waals surface area contributed by atoms with Crippen LogP contribution in [-0.2, 0) is 0 Å². The van der Waals surface area contributed by atoms with Gasteiger partial charge >= 0.3 is 5.63 Å².